The summed E-state index contributed by atoms with van der Waals surface area (Å²) in [4.78, 5) is 27.7. The van der Waals surface area contributed by atoms with Crippen LogP contribution in [0.3, 0.4) is 0 Å². The summed E-state index contributed by atoms with van der Waals surface area (Å²) in [5.41, 5.74) is 0.883. The van der Waals surface area contributed by atoms with Crippen LogP contribution >= 0.6 is 23.2 Å². The van der Waals surface area contributed by atoms with Gasteiger partial charge in [-0.3, -0.25) is 9.59 Å². The summed E-state index contributed by atoms with van der Waals surface area (Å²) in [6.07, 6.45) is 1.65. The normalized spacial score (nSPS) is 11.5. The van der Waals surface area contributed by atoms with Gasteiger partial charge >= 0.3 is 0 Å². The van der Waals surface area contributed by atoms with Crippen LogP contribution in [-0.4, -0.2) is 29.9 Å². The third-order valence-corrected chi connectivity index (χ3v) is 4.01. The number of carbonyl (C=O) groups is 2. The highest BCUT2D eigenvalue weighted by atomic mass is 35.5. The molecule has 0 bridgehead atoms. The maximum absolute atomic E-state index is 12.2. The lowest BCUT2D eigenvalue weighted by Gasteiger charge is -2.18. The molecule has 26 heavy (non-hydrogen) atoms. The van der Waals surface area contributed by atoms with Crippen LogP contribution in [0.2, 0.25) is 10.0 Å². The molecule has 6 nitrogen and oxygen atoms in total. The van der Waals surface area contributed by atoms with Gasteiger partial charge in [-0.2, -0.15) is 0 Å². The molecule has 0 aliphatic carbocycles. The molecule has 1 atom stereocenters. The van der Waals surface area contributed by atoms with E-state index in [2.05, 4.69) is 20.9 Å². The van der Waals surface area contributed by atoms with Crippen molar-refractivity contribution in [3.05, 3.63) is 58.2 Å². The molecule has 2 rings (SSSR count). The van der Waals surface area contributed by atoms with Gasteiger partial charge < -0.3 is 16.0 Å². The molecule has 2 aromatic rings. The van der Waals surface area contributed by atoms with Gasteiger partial charge in [0.2, 0.25) is 11.8 Å². The Morgan fingerprint density at radius 2 is 1.88 bits per heavy atom. The van der Waals surface area contributed by atoms with E-state index in [0.29, 0.717) is 29.0 Å². The van der Waals surface area contributed by atoms with E-state index < -0.39 is 0 Å². The van der Waals surface area contributed by atoms with Gasteiger partial charge in [0.25, 0.3) is 0 Å². The van der Waals surface area contributed by atoms with E-state index in [9.17, 15) is 9.59 Å². The van der Waals surface area contributed by atoms with Crippen LogP contribution in [0.1, 0.15) is 24.9 Å². The van der Waals surface area contributed by atoms with Crippen LogP contribution in [-0.2, 0) is 9.59 Å². The predicted molar refractivity (Wildman–Crippen MR) is 103 cm³/mol. The molecular weight excluding hydrogens is 375 g/mol. The number of hydrogen-bond acceptors (Lipinski definition) is 4. The number of carbonyl (C=O) groups excluding carboxylic acids is 2. The number of rotatable bonds is 8. The van der Waals surface area contributed by atoms with Gasteiger partial charge in [0, 0.05) is 26.2 Å². The zero-order chi connectivity index (χ0) is 18.9. The van der Waals surface area contributed by atoms with Crippen LogP contribution in [0.5, 0.6) is 0 Å². The highest BCUT2D eigenvalue weighted by Gasteiger charge is 2.16. The lowest BCUT2D eigenvalue weighted by Crippen LogP contribution is -2.34. The molecule has 0 saturated carbocycles. The van der Waals surface area contributed by atoms with Crippen molar-refractivity contribution in [3.63, 3.8) is 0 Å². The molecule has 3 N–H and O–H groups in total. The van der Waals surface area contributed by atoms with Gasteiger partial charge in [0.1, 0.15) is 5.82 Å². The van der Waals surface area contributed by atoms with Gasteiger partial charge in [-0.25, -0.2) is 4.98 Å². The molecule has 1 aromatic heterocycles. The second-order valence-electron chi connectivity index (χ2n) is 5.63. The maximum Gasteiger partial charge on any atom is 0.222 e. The maximum atomic E-state index is 12.2. The Kier molecular flexibility index (Phi) is 7.69. The Morgan fingerprint density at radius 3 is 2.54 bits per heavy atom. The lowest BCUT2D eigenvalue weighted by atomic mass is 10.0. The summed E-state index contributed by atoms with van der Waals surface area (Å²) in [7, 11) is 0. The average molecular weight is 395 g/mol. The molecule has 1 unspecified atom stereocenters. The number of nitrogens with one attached hydrogen (secondary N) is 3. The molecule has 2 amide bonds. The third kappa shape index (κ3) is 6.54. The minimum absolute atomic E-state index is 0.156. The molecule has 0 fully saturated rings. The van der Waals surface area contributed by atoms with E-state index in [0.717, 1.165) is 5.56 Å². The Balaban J connectivity index is 1.81. The molecule has 138 valence electrons. The highest BCUT2D eigenvalue weighted by Crippen LogP contribution is 2.22. The van der Waals surface area contributed by atoms with Crippen molar-refractivity contribution >= 4 is 40.8 Å². The highest BCUT2D eigenvalue weighted by molar-refractivity contribution is 6.35. The van der Waals surface area contributed by atoms with Gasteiger partial charge in [0.15, 0.2) is 0 Å². The van der Waals surface area contributed by atoms with E-state index in [-0.39, 0.29) is 24.3 Å². The lowest BCUT2D eigenvalue weighted by molar-refractivity contribution is -0.122. The molecule has 0 aliphatic rings. The van der Waals surface area contributed by atoms with Crippen LogP contribution in [0.15, 0.2) is 42.6 Å². The van der Waals surface area contributed by atoms with Gasteiger partial charge in [-0.1, -0.05) is 53.5 Å². The molecule has 1 aromatic carbocycles. The van der Waals surface area contributed by atoms with Crippen molar-refractivity contribution in [1.82, 2.24) is 15.6 Å². The standard InChI is InChI=1S/C18H20Cl2N4O2/c1-12(25)24-16(13-5-3-2-4-6-13)10-17(26)21-7-8-22-18-15(20)9-14(19)11-23-18/h2-6,9,11,16H,7-8,10H2,1H3,(H,21,26)(H,22,23)(H,24,25). The first-order valence-corrected chi connectivity index (χ1v) is 8.85. The van der Waals surface area contributed by atoms with Gasteiger partial charge in [0.05, 0.1) is 22.5 Å². The molecule has 0 spiro atoms. The Morgan fingerprint density at radius 1 is 1.15 bits per heavy atom. The summed E-state index contributed by atoms with van der Waals surface area (Å²) in [5.74, 6) is 0.159. The fraction of sp³-hybridized carbons (Fsp3) is 0.278. The number of aromatic nitrogens is 1. The van der Waals surface area contributed by atoms with E-state index in [1.165, 1.54) is 13.1 Å². The van der Waals surface area contributed by atoms with Crippen LogP contribution in [0.25, 0.3) is 0 Å². The SMILES string of the molecule is CC(=O)NC(CC(=O)NCCNc1ncc(Cl)cc1Cl)c1ccccc1. The quantitative estimate of drug-likeness (QED) is 0.600. The number of hydrogen-bond donors (Lipinski definition) is 3. The van der Waals surface area contributed by atoms with Gasteiger partial charge in [-0.15, -0.1) is 0 Å². The van der Waals surface area contributed by atoms with E-state index in [1.54, 1.807) is 6.07 Å². The number of anilines is 1. The van der Waals surface area contributed by atoms with Gasteiger partial charge in [-0.05, 0) is 11.6 Å². The largest absolute Gasteiger partial charge is 0.367 e. The Labute approximate surface area is 162 Å². The van der Waals surface area contributed by atoms with Crippen LogP contribution in [0, 0.1) is 0 Å². The Bertz CT molecular complexity index is 756. The summed E-state index contributed by atoms with van der Waals surface area (Å²) in [5, 5.41) is 9.51. The first-order chi connectivity index (χ1) is 12.5. The number of benzene rings is 1. The fourth-order valence-corrected chi connectivity index (χ4v) is 2.81. The fourth-order valence-electron chi connectivity index (χ4n) is 2.37. The minimum atomic E-state index is -0.367. The topological polar surface area (TPSA) is 83.1 Å². The molecule has 0 radical (unpaired) electrons. The average Bonchev–Trinajstić information content (AvgIpc) is 2.60. The van der Waals surface area contributed by atoms with Crippen molar-refractivity contribution in [1.29, 1.82) is 0 Å². The van der Waals surface area contributed by atoms with Crippen LogP contribution < -0.4 is 16.0 Å². The van der Waals surface area contributed by atoms with Crippen molar-refractivity contribution in [3.8, 4) is 0 Å². The molecule has 0 aliphatic heterocycles. The summed E-state index contributed by atoms with van der Waals surface area (Å²) >= 11 is 11.8. The van der Waals surface area contributed by atoms with Crippen molar-refractivity contribution < 1.29 is 9.59 Å². The summed E-state index contributed by atoms with van der Waals surface area (Å²) < 4.78 is 0. The van der Waals surface area contributed by atoms with E-state index >= 15 is 0 Å². The van der Waals surface area contributed by atoms with E-state index in [4.69, 9.17) is 23.2 Å². The first kappa shape index (κ1) is 20.0. The van der Waals surface area contributed by atoms with E-state index in [1.807, 2.05) is 30.3 Å². The number of halogens is 2. The smallest absolute Gasteiger partial charge is 0.222 e. The monoisotopic (exact) mass is 394 g/mol. The van der Waals surface area contributed by atoms with Crippen molar-refractivity contribution in [2.24, 2.45) is 0 Å². The zero-order valence-corrected chi connectivity index (χ0v) is 15.8. The van der Waals surface area contributed by atoms with Crippen LogP contribution in [0.4, 0.5) is 5.82 Å². The molecule has 1 heterocycles. The summed E-state index contributed by atoms with van der Waals surface area (Å²) in [6, 6.07) is 10.6. The number of nitrogens with zero attached hydrogens (tertiary/aromatic N) is 1. The predicted octanol–water partition coefficient (Wildman–Crippen LogP) is 3.18. The zero-order valence-electron chi connectivity index (χ0n) is 14.3. The second kappa shape index (κ2) is 9.99. The molecule has 0 saturated heterocycles. The van der Waals surface area contributed by atoms with Crippen molar-refractivity contribution in [2.75, 3.05) is 18.4 Å². The summed E-state index contributed by atoms with van der Waals surface area (Å²) in [6.45, 7) is 2.28. The minimum Gasteiger partial charge on any atom is -0.367 e. The number of amides is 2. The third-order valence-electron chi connectivity index (χ3n) is 3.52. The number of pyridine rings is 1. The molecular formula is C18H20Cl2N4O2. The second-order valence-corrected chi connectivity index (χ2v) is 6.47. The molecule has 8 heteroatoms. The Hall–Kier alpha value is -2.31. The van der Waals surface area contributed by atoms with Crippen molar-refractivity contribution in [2.45, 2.75) is 19.4 Å². The first-order valence-electron chi connectivity index (χ1n) is 8.09.